The fourth-order valence-electron chi connectivity index (χ4n) is 1.66. The predicted octanol–water partition coefficient (Wildman–Crippen LogP) is 1.56. The molecule has 1 fully saturated rings. The van der Waals surface area contributed by atoms with E-state index in [1.807, 2.05) is 6.07 Å². The van der Waals surface area contributed by atoms with Gasteiger partial charge in [0, 0.05) is 11.7 Å². The Kier molecular flexibility index (Phi) is 3.16. The quantitative estimate of drug-likeness (QED) is 0.839. The van der Waals surface area contributed by atoms with Gasteiger partial charge in [0.25, 0.3) is 0 Å². The van der Waals surface area contributed by atoms with Crippen molar-refractivity contribution in [1.82, 2.24) is 4.72 Å². The van der Waals surface area contributed by atoms with Gasteiger partial charge in [0.1, 0.15) is 0 Å². The second-order valence-corrected chi connectivity index (χ2v) is 5.89. The minimum atomic E-state index is -3.34. The first-order chi connectivity index (χ1) is 7.62. The van der Waals surface area contributed by atoms with Crippen molar-refractivity contribution in [3.05, 3.63) is 24.3 Å². The molecule has 0 saturated heterocycles. The van der Waals surface area contributed by atoms with Crippen LogP contribution in [-0.4, -0.2) is 21.5 Å². The van der Waals surface area contributed by atoms with E-state index >= 15 is 0 Å². The number of anilines is 1. The van der Waals surface area contributed by atoms with Gasteiger partial charge in [0.15, 0.2) is 0 Å². The SMILES string of the molecule is CNS(=O)(=O)c1cccc(NC2CCC2)c1. The monoisotopic (exact) mass is 240 g/mol. The zero-order valence-electron chi connectivity index (χ0n) is 9.23. The van der Waals surface area contributed by atoms with E-state index < -0.39 is 10.0 Å². The molecule has 0 amide bonds. The van der Waals surface area contributed by atoms with Crippen molar-refractivity contribution in [1.29, 1.82) is 0 Å². The minimum absolute atomic E-state index is 0.305. The Balaban J connectivity index is 2.18. The van der Waals surface area contributed by atoms with Gasteiger partial charge in [-0.3, -0.25) is 0 Å². The first-order valence-electron chi connectivity index (χ1n) is 5.42. The highest BCUT2D eigenvalue weighted by Gasteiger charge is 2.18. The fourth-order valence-corrected chi connectivity index (χ4v) is 2.43. The molecule has 0 bridgehead atoms. The molecule has 2 N–H and O–H groups in total. The van der Waals surface area contributed by atoms with E-state index in [9.17, 15) is 8.42 Å². The normalized spacial score (nSPS) is 16.8. The molecule has 1 aliphatic rings. The van der Waals surface area contributed by atoms with E-state index in [1.165, 1.54) is 26.3 Å². The lowest BCUT2D eigenvalue weighted by Crippen LogP contribution is -2.27. The maximum Gasteiger partial charge on any atom is 0.240 e. The number of benzene rings is 1. The van der Waals surface area contributed by atoms with Crippen molar-refractivity contribution >= 4 is 15.7 Å². The molecule has 0 unspecified atom stereocenters. The van der Waals surface area contributed by atoms with Crippen LogP contribution in [0.25, 0.3) is 0 Å². The van der Waals surface area contributed by atoms with E-state index in [0.717, 1.165) is 5.69 Å². The minimum Gasteiger partial charge on any atom is -0.382 e. The van der Waals surface area contributed by atoms with Crippen molar-refractivity contribution in [3.63, 3.8) is 0 Å². The molecular formula is C11H16N2O2S. The highest BCUT2D eigenvalue weighted by molar-refractivity contribution is 7.89. The zero-order chi connectivity index (χ0) is 11.6. The summed E-state index contributed by atoms with van der Waals surface area (Å²) >= 11 is 0. The third kappa shape index (κ3) is 2.36. The molecule has 5 heteroatoms. The maximum absolute atomic E-state index is 11.6. The first kappa shape index (κ1) is 11.4. The van der Waals surface area contributed by atoms with Crippen LogP contribution >= 0.6 is 0 Å². The lowest BCUT2D eigenvalue weighted by atomic mass is 9.93. The Morgan fingerprint density at radius 1 is 1.31 bits per heavy atom. The fraction of sp³-hybridized carbons (Fsp3) is 0.455. The highest BCUT2D eigenvalue weighted by atomic mass is 32.2. The van der Waals surface area contributed by atoms with E-state index in [0.29, 0.717) is 10.9 Å². The molecule has 0 atom stereocenters. The van der Waals surface area contributed by atoms with E-state index in [4.69, 9.17) is 0 Å². The largest absolute Gasteiger partial charge is 0.382 e. The number of sulfonamides is 1. The van der Waals surface area contributed by atoms with Gasteiger partial charge in [-0.2, -0.15) is 0 Å². The van der Waals surface area contributed by atoms with Gasteiger partial charge in [-0.15, -0.1) is 0 Å². The topological polar surface area (TPSA) is 58.2 Å². The van der Waals surface area contributed by atoms with Crippen LogP contribution in [-0.2, 0) is 10.0 Å². The molecule has 88 valence electrons. The molecular weight excluding hydrogens is 224 g/mol. The Hall–Kier alpha value is -1.07. The van der Waals surface area contributed by atoms with Gasteiger partial charge in [0.05, 0.1) is 4.90 Å². The van der Waals surface area contributed by atoms with Crippen LogP contribution in [0.15, 0.2) is 29.2 Å². The summed E-state index contributed by atoms with van der Waals surface area (Å²) in [5.41, 5.74) is 0.876. The zero-order valence-corrected chi connectivity index (χ0v) is 10.0. The smallest absolute Gasteiger partial charge is 0.240 e. The Morgan fingerprint density at radius 3 is 2.62 bits per heavy atom. The van der Waals surface area contributed by atoms with E-state index in [-0.39, 0.29) is 0 Å². The van der Waals surface area contributed by atoms with Crippen molar-refractivity contribution in [2.24, 2.45) is 0 Å². The molecule has 0 aliphatic heterocycles. The van der Waals surface area contributed by atoms with Crippen molar-refractivity contribution in [2.45, 2.75) is 30.2 Å². The highest BCUT2D eigenvalue weighted by Crippen LogP contribution is 2.24. The first-order valence-corrected chi connectivity index (χ1v) is 6.90. The van der Waals surface area contributed by atoms with Gasteiger partial charge >= 0.3 is 0 Å². The summed E-state index contributed by atoms with van der Waals surface area (Å²) in [7, 11) is -1.92. The van der Waals surface area contributed by atoms with Crippen molar-refractivity contribution in [3.8, 4) is 0 Å². The molecule has 1 aromatic rings. The Labute approximate surface area is 96.1 Å². The van der Waals surface area contributed by atoms with E-state index in [1.54, 1.807) is 18.2 Å². The molecule has 4 nitrogen and oxygen atoms in total. The molecule has 1 saturated carbocycles. The molecule has 0 radical (unpaired) electrons. The van der Waals surface area contributed by atoms with Crippen LogP contribution in [0.2, 0.25) is 0 Å². The predicted molar refractivity (Wildman–Crippen MR) is 63.9 cm³/mol. The van der Waals surface area contributed by atoms with Crippen molar-refractivity contribution in [2.75, 3.05) is 12.4 Å². The number of rotatable bonds is 4. The summed E-state index contributed by atoms with van der Waals surface area (Å²) in [4.78, 5) is 0.305. The molecule has 16 heavy (non-hydrogen) atoms. The van der Waals surface area contributed by atoms with Gasteiger partial charge in [0.2, 0.25) is 10.0 Å². The van der Waals surface area contributed by atoms with Crippen LogP contribution in [0.5, 0.6) is 0 Å². The second-order valence-electron chi connectivity index (χ2n) is 4.01. The molecule has 2 rings (SSSR count). The average molecular weight is 240 g/mol. The summed E-state index contributed by atoms with van der Waals surface area (Å²) in [5, 5.41) is 3.32. The van der Waals surface area contributed by atoms with Gasteiger partial charge in [-0.25, -0.2) is 13.1 Å². The summed E-state index contributed by atoms with van der Waals surface area (Å²) < 4.78 is 25.5. The standard InChI is InChI=1S/C11H16N2O2S/c1-12-16(14,15)11-7-3-6-10(8-11)13-9-4-2-5-9/h3,6-9,12-13H,2,4-5H2,1H3. The van der Waals surface area contributed by atoms with Crippen molar-refractivity contribution < 1.29 is 8.42 Å². The Bertz CT molecular complexity index is 467. The van der Waals surface area contributed by atoms with E-state index in [2.05, 4.69) is 10.0 Å². The molecule has 0 heterocycles. The molecule has 1 aliphatic carbocycles. The van der Waals surface area contributed by atoms with Gasteiger partial charge in [-0.1, -0.05) is 6.07 Å². The van der Waals surface area contributed by atoms with Crippen LogP contribution in [0.1, 0.15) is 19.3 Å². The second kappa shape index (κ2) is 4.43. The molecule has 0 spiro atoms. The maximum atomic E-state index is 11.6. The lowest BCUT2D eigenvalue weighted by Gasteiger charge is -2.27. The summed E-state index contributed by atoms with van der Waals surface area (Å²) in [6, 6.07) is 7.42. The Morgan fingerprint density at radius 2 is 2.06 bits per heavy atom. The summed E-state index contributed by atoms with van der Waals surface area (Å²) in [6.07, 6.45) is 3.60. The average Bonchev–Trinajstić information content (AvgIpc) is 2.24. The third-order valence-electron chi connectivity index (χ3n) is 2.89. The lowest BCUT2D eigenvalue weighted by molar-refractivity contribution is 0.445. The van der Waals surface area contributed by atoms with Crippen LogP contribution in [0.4, 0.5) is 5.69 Å². The van der Waals surface area contributed by atoms with Crippen LogP contribution in [0.3, 0.4) is 0 Å². The summed E-state index contributed by atoms with van der Waals surface area (Å²) in [6.45, 7) is 0. The van der Waals surface area contributed by atoms with Crippen LogP contribution in [0, 0.1) is 0 Å². The van der Waals surface area contributed by atoms with Gasteiger partial charge in [-0.05, 0) is 44.5 Å². The third-order valence-corrected chi connectivity index (χ3v) is 4.30. The van der Waals surface area contributed by atoms with Gasteiger partial charge < -0.3 is 5.32 Å². The number of nitrogens with one attached hydrogen (secondary N) is 2. The van der Waals surface area contributed by atoms with Crippen LogP contribution < -0.4 is 10.0 Å². The molecule has 0 aromatic heterocycles. The summed E-state index contributed by atoms with van der Waals surface area (Å²) in [5.74, 6) is 0. The number of hydrogen-bond acceptors (Lipinski definition) is 3. The number of hydrogen-bond donors (Lipinski definition) is 2. The molecule has 1 aromatic carbocycles.